The normalized spacial score (nSPS) is 14.8. The van der Waals surface area contributed by atoms with Gasteiger partial charge in [-0.05, 0) is 42.8 Å². The molecule has 0 atom stereocenters. The minimum Gasteiger partial charge on any atom is -0.496 e. The van der Waals surface area contributed by atoms with Gasteiger partial charge >= 0.3 is 5.97 Å². The molecule has 2 aromatic rings. The molecule has 1 aliphatic rings. The lowest BCUT2D eigenvalue weighted by Gasteiger charge is -2.12. The summed E-state index contributed by atoms with van der Waals surface area (Å²) < 4.78 is 16.3. The van der Waals surface area contributed by atoms with Crippen molar-refractivity contribution in [1.29, 1.82) is 0 Å². The standard InChI is InChI=1S/C20H19N3O5S/c1-3-27-17-10-13(11-21-23-20-22-18(24)12-29-20)8-9-16(17)28-19(25)14-6-4-5-7-15(14)26-2/h4-11H,3,12H2,1-2H3,(H,22,23,24)/b21-11-. The Hall–Kier alpha value is -3.33. The highest BCUT2D eigenvalue weighted by Crippen LogP contribution is 2.30. The van der Waals surface area contributed by atoms with Crippen molar-refractivity contribution in [3.05, 3.63) is 53.6 Å². The number of carbonyl (C=O) groups excluding carboxylic acids is 2. The maximum atomic E-state index is 12.5. The van der Waals surface area contributed by atoms with E-state index in [2.05, 4.69) is 15.5 Å². The third-order valence-corrected chi connectivity index (χ3v) is 4.60. The number of carbonyl (C=O) groups is 2. The van der Waals surface area contributed by atoms with Crippen molar-refractivity contribution in [2.24, 2.45) is 10.2 Å². The molecule has 29 heavy (non-hydrogen) atoms. The highest BCUT2D eigenvalue weighted by molar-refractivity contribution is 8.15. The number of hydrogen-bond acceptors (Lipinski definition) is 8. The summed E-state index contributed by atoms with van der Waals surface area (Å²) in [6.07, 6.45) is 1.52. The van der Waals surface area contributed by atoms with Crippen molar-refractivity contribution in [2.75, 3.05) is 19.5 Å². The second kappa shape index (κ2) is 9.74. The molecule has 0 bridgehead atoms. The topological polar surface area (TPSA) is 98.6 Å². The fraction of sp³-hybridized carbons (Fsp3) is 0.200. The molecule has 1 heterocycles. The Labute approximate surface area is 171 Å². The summed E-state index contributed by atoms with van der Waals surface area (Å²) in [5.41, 5.74) is 1.01. The molecule has 0 aromatic heterocycles. The van der Waals surface area contributed by atoms with E-state index in [4.69, 9.17) is 14.2 Å². The Morgan fingerprint density at radius 3 is 2.76 bits per heavy atom. The third kappa shape index (κ3) is 5.35. The molecule has 1 fully saturated rings. The van der Waals surface area contributed by atoms with Crippen LogP contribution in [0.3, 0.4) is 0 Å². The second-order valence-electron chi connectivity index (χ2n) is 5.72. The predicted molar refractivity (Wildman–Crippen MR) is 111 cm³/mol. The summed E-state index contributed by atoms with van der Waals surface area (Å²) in [6.45, 7) is 2.23. The van der Waals surface area contributed by atoms with Crippen LogP contribution in [-0.4, -0.2) is 42.7 Å². The number of nitrogens with zero attached hydrogens (tertiary/aromatic N) is 2. The van der Waals surface area contributed by atoms with Crippen LogP contribution >= 0.6 is 11.8 Å². The van der Waals surface area contributed by atoms with E-state index in [0.29, 0.717) is 40.2 Å². The summed E-state index contributed by atoms with van der Waals surface area (Å²) in [5, 5.41) is 11.0. The summed E-state index contributed by atoms with van der Waals surface area (Å²) >= 11 is 1.29. The van der Waals surface area contributed by atoms with Crippen molar-refractivity contribution in [1.82, 2.24) is 5.32 Å². The van der Waals surface area contributed by atoms with E-state index < -0.39 is 5.97 Å². The van der Waals surface area contributed by atoms with Gasteiger partial charge in [0.15, 0.2) is 16.7 Å². The van der Waals surface area contributed by atoms with Gasteiger partial charge in [-0.15, -0.1) is 5.10 Å². The Kier molecular flexibility index (Phi) is 6.85. The number of benzene rings is 2. The molecule has 0 saturated carbocycles. The maximum Gasteiger partial charge on any atom is 0.347 e. The van der Waals surface area contributed by atoms with Gasteiger partial charge in [-0.2, -0.15) is 5.10 Å². The monoisotopic (exact) mass is 413 g/mol. The number of thioether (sulfide) groups is 1. The minimum absolute atomic E-state index is 0.0937. The van der Waals surface area contributed by atoms with Crippen LogP contribution in [0.5, 0.6) is 17.2 Å². The number of methoxy groups -OCH3 is 1. The number of ether oxygens (including phenoxy) is 3. The molecule has 0 aliphatic carbocycles. The van der Waals surface area contributed by atoms with E-state index in [1.54, 1.807) is 42.5 Å². The van der Waals surface area contributed by atoms with Gasteiger partial charge in [0, 0.05) is 0 Å². The number of amidine groups is 1. The third-order valence-electron chi connectivity index (χ3n) is 3.74. The molecule has 3 rings (SSSR count). The van der Waals surface area contributed by atoms with Gasteiger partial charge in [-0.1, -0.05) is 23.9 Å². The summed E-state index contributed by atoms with van der Waals surface area (Å²) in [7, 11) is 1.49. The molecule has 1 N–H and O–H groups in total. The van der Waals surface area contributed by atoms with Crippen LogP contribution in [0.25, 0.3) is 0 Å². The molecule has 8 nitrogen and oxygen atoms in total. The first kappa shape index (κ1) is 20.4. The predicted octanol–water partition coefficient (Wildman–Crippen LogP) is 2.87. The quantitative estimate of drug-likeness (QED) is 0.324. The van der Waals surface area contributed by atoms with E-state index in [0.717, 1.165) is 0 Å². The Bertz CT molecular complexity index is 974. The first-order valence-corrected chi connectivity index (χ1v) is 9.75. The van der Waals surface area contributed by atoms with Gasteiger partial charge in [0.1, 0.15) is 11.3 Å². The van der Waals surface area contributed by atoms with Crippen molar-refractivity contribution in [2.45, 2.75) is 6.92 Å². The second-order valence-corrected chi connectivity index (χ2v) is 6.68. The van der Waals surface area contributed by atoms with Gasteiger partial charge in [0.2, 0.25) is 5.91 Å². The lowest BCUT2D eigenvalue weighted by molar-refractivity contribution is -0.116. The van der Waals surface area contributed by atoms with E-state index in [-0.39, 0.29) is 11.7 Å². The van der Waals surface area contributed by atoms with Crippen molar-refractivity contribution >= 4 is 35.0 Å². The molecule has 150 valence electrons. The van der Waals surface area contributed by atoms with Gasteiger partial charge in [0.25, 0.3) is 0 Å². The summed E-state index contributed by atoms with van der Waals surface area (Å²) in [5.74, 6) is 0.805. The Balaban J connectivity index is 1.77. The molecule has 2 aromatic carbocycles. The van der Waals surface area contributed by atoms with E-state index in [1.807, 2.05) is 6.92 Å². The maximum absolute atomic E-state index is 12.5. The van der Waals surface area contributed by atoms with Gasteiger partial charge in [-0.25, -0.2) is 4.79 Å². The van der Waals surface area contributed by atoms with Gasteiger partial charge in [0.05, 0.1) is 25.7 Å². The number of hydrogen-bond donors (Lipinski definition) is 1. The molecule has 9 heteroatoms. The first-order valence-electron chi connectivity index (χ1n) is 8.76. The van der Waals surface area contributed by atoms with E-state index >= 15 is 0 Å². The van der Waals surface area contributed by atoms with Crippen molar-refractivity contribution < 1.29 is 23.8 Å². The molecular weight excluding hydrogens is 394 g/mol. The number of para-hydroxylation sites is 1. The zero-order chi connectivity index (χ0) is 20.6. The lowest BCUT2D eigenvalue weighted by Crippen LogP contribution is -2.19. The van der Waals surface area contributed by atoms with Gasteiger partial charge < -0.3 is 19.5 Å². The SMILES string of the molecule is CCOc1cc(/C=N\N=C2\NC(=O)CS2)ccc1OC(=O)c1ccccc1OC. The van der Waals surface area contributed by atoms with E-state index in [9.17, 15) is 9.59 Å². The zero-order valence-corrected chi connectivity index (χ0v) is 16.7. The van der Waals surface area contributed by atoms with Crippen LogP contribution in [0.4, 0.5) is 0 Å². The average molecular weight is 413 g/mol. The molecule has 0 unspecified atom stereocenters. The Morgan fingerprint density at radius 1 is 1.21 bits per heavy atom. The number of amides is 1. The van der Waals surface area contributed by atoms with Crippen LogP contribution < -0.4 is 19.5 Å². The summed E-state index contributed by atoms with van der Waals surface area (Å²) in [6, 6.07) is 11.9. The highest BCUT2D eigenvalue weighted by Gasteiger charge is 2.17. The summed E-state index contributed by atoms with van der Waals surface area (Å²) in [4.78, 5) is 23.7. The minimum atomic E-state index is -0.551. The molecule has 1 aliphatic heterocycles. The van der Waals surface area contributed by atoms with Crippen molar-refractivity contribution in [3.63, 3.8) is 0 Å². The van der Waals surface area contributed by atoms with Crippen LogP contribution in [0.1, 0.15) is 22.8 Å². The fourth-order valence-electron chi connectivity index (χ4n) is 2.45. The Morgan fingerprint density at radius 2 is 2.03 bits per heavy atom. The number of esters is 1. The molecule has 1 saturated heterocycles. The number of nitrogens with one attached hydrogen (secondary N) is 1. The van der Waals surface area contributed by atoms with Gasteiger partial charge in [-0.3, -0.25) is 4.79 Å². The van der Waals surface area contributed by atoms with Crippen LogP contribution in [0.15, 0.2) is 52.7 Å². The lowest BCUT2D eigenvalue weighted by atomic mass is 10.2. The molecule has 0 radical (unpaired) electrons. The highest BCUT2D eigenvalue weighted by atomic mass is 32.2. The zero-order valence-electron chi connectivity index (χ0n) is 15.9. The number of rotatable bonds is 7. The van der Waals surface area contributed by atoms with Crippen LogP contribution in [-0.2, 0) is 4.79 Å². The van der Waals surface area contributed by atoms with Crippen LogP contribution in [0.2, 0.25) is 0 Å². The van der Waals surface area contributed by atoms with Crippen molar-refractivity contribution in [3.8, 4) is 17.2 Å². The first-order chi connectivity index (χ1) is 14.1. The molecular formula is C20H19N3O5S. The molecule has 0 spiro atoms. The largest absolute Gasteiger partial charge is 0.496 e. The molecule has 1 amide bonds. The average Bonchev–Trinajstić information content (AvgIpc) is 3.15. The smallest absolute Gasteiger partial charge is 0.347 e. The van der Waals surface area contributed by atoms with E-state index in [1.165, 1.54) is 25.1 Å². The fourth-order valence-corrected chi connectivity index (χ4v) is 3.08. The van der Waals surface area contributed by atoms with Crippen LogP contribution in [0, 0.1) is 0 Å².